The Labute approximate surface area is 378 Å². The number of carbonyl (C=O) groups is 2. The fraction of sp³-hybridized carbons (Fsp3) is 0.962. The average Bonchev–Trinajstić information content (AvgIpc) is 3.26. The van der Waals surface area contributed by atoms with E-state index >= 15 is 0 Å². The van der Waals surface area contributed by atoms with E-state index in [1.54, 1.807) is 0 Å². The van der Waals surface area contributed by atoms with Gasteiger partial charge in [-0.3, -0.25) is 9.59 Å². The Morgan fingerprint density at radius 2 is 0.738 bits per heavy atom. The van der Waals surface area contributed by atoms with E-state index < -0.39 is 0 Å². The van der Waals surface area contributed by atoms with Gasteiger partial charge in [0.25, 0.3) is 0 Å². The highest BCUT2D eigenvalue weighted by Gasteiger charge is 2.14. The molecule has 0 fully saturated rings. The van der Waals surface area contributed by atoms with Gasteiger partial charge in [0, 0.05) is 26.0 Å². The summed E-state index contributed by atoms with van der Waals surface area (Å²) in [5.41, 5.74) is 0. The zero-order valence-corrected chi connectivity index (χ0v) is 41.1. The van der Waals surface area contributed by atoms with Crippen molar-refractivity contribution < 1.29 is 38.0 Å². The van der Waals surface area contributed by atoms with Gasteiger partial charge in [0.15, 0.2) is 0 Å². The third-order valence-electron chi connectivity index (χ3n) is 11.7. The molecule has 9 nitrogen and oxygen atoms in total. The first-order valence-electron chi connectivity index (χ1n) is 26.5. The monoisotopic (exact) mass is 870 g/mol. The van der Waals surface area contributed by atoms with Crippen LogP contribution in [-0.2, 0) is 38.0 Å². The normalized spacial score (nSPS) is 11.6. The lowest BCUT2D eigenvalue weighted by molar-refractivity contribution is -0.150. The van der Waals surface area contributed by atoms with Crippen molar-refractivity contribution in [2.75, 3.05) is 79.1 Å². The van der Waals surface area contributed by atoms with E-state index in [-0.39, 0.29) is 18.0 Å². The molecule has 0 amide bonds. The van der Waals surface area contributed by atoms with Crippen molar-refractivity contribution in [1.82, 2.24) is 4.90 Å². The summed E-state index contributed by atoms with van der Waals surface area (Å²) in [6.07, 6.45) is 38.3. The fourth-order valence-electron chi connectivity index (χ4n) is 7.73. The molecule has 0 radical (unpaired) electrons. The maximum atomic E-state index is 12.9. The van der Waals surface area contributed by atoms with Gasteiger partial charge in [-0.1, -0.05) is 162 Å². The molecule has 0 aromatic rings. The van der Waals surface area contributed by atoms with Crippen LogP contribution >= 0.6 is 0 Å². The van der Waals surface area contributed by atoms with Crippen molar-refractivity contribution in [3.05, 3.63) is 0 Å². The molecule has 0 saturated heterocycles. The lowest BCUT2D eigenvalue weighted by atomic mass is 10.0. The van der Waals surface area contributed by atoms with E-state index in [2.05, 4.69) is 25.7 Å². The maximum absolute atomic E-state index is 12.9. The predicted octanol–water partition coefficient (Wildman–Crippen LogP) is 13.8. The minimum Gasteiger partial charge on any atom is -0.466 e. The number of hydrogen-bond donors (Lipinski definition) is 0. The second-order valence-electron chi connectivity index (χ2n) is 17.5. The van der Waals surface area contributed by atoms with E-state index in [4.69, 9.17) is 28.4 Å². The number of unbranched alkanes of at least 4 members (excludes halogenated alkanes) is 24. The molecule has 0 aliphatic carbocycles. The van der Waals surface area contributed by atoms with E-state index in [0.29, 0.717) is 72.3 Å². The van der Waals surface area contributed by atoms with Gasteiger partial charge in [-0.15, -0.1) is 0 Å². The first-order chi connectivity index (χ1) is 30.1. The summed E-state index contributed by atoms with van der Waals surface area (Å²) in [6, 6.07) is 0. The number of rotatable bonds is 52. The molecule has 9 heteroatoms. The summed E-state index contributed by atoms with van der Waals surface area (Å²) in [6.45, 7) is 17.4. The summed E-state index contributed by atoms with van der Waals surface area (Å²) in [4.78, 5) is 27.6. The van der Waals surface area contributed by atoms with Gasteiger partial charge in [0.05, 0.1) is 52.9 Å². The quantitative estimate of drug-likeness (QED) is 0.0437. The van der Waals surface area contributed by atoms with E-state index in [1.165, 1.54) is 122 Å². The Morgan fingerprint density at radius 3 is 1.21 bits per heavy atom. The van der Waals surface area contributed by atoms with Crippen molar-refractivity contribution in [3.8, 4) is 0 Å². The molecular weight excluding hydrogens is 767 g/mol. The van der Waals surface area contributed by atoms with Crippen molar-refractivity contribution in [1.29, 1.82) is 0 Å². The van der Waals surface area contributed by atoms with Crippen molar-refractivity contribution >= 4 is 11.9 Å². The van der Waals surface area contributed by atoms with Crippen LogP contribution in [0.1, 0.15) is 240 Å². The van der Waals surface area contributed by atoms with Gasteiger partial charge in [-0.25, -0.2) is 0 Å². The van der Waals surface area contributed by atoms with E-state index in [0.717, 1.165) is 96.7 Å². The van der Waals surface area contributed by atoms with E-state index in [1.807, 2.05) is 6.92 Å². The maximum Gasteiger partial charge on any atom is 0.306 e. The molecule has 0 spiro atoms. The van der Waals surface area contributed by atoms with Crippen LogP contribution in [0.2, 0.25) is 0 Å². The summed E-state index contributed by atoms with van der Waals surface area (Å²) in [5.74, 6) is -0.0114. The molecule has 0 saturated carbocycles. The number of hydrogen-bond acceptors (Lipinski definition) is 9. The first-order valence-corrected chi connectivity index (χ1v) is 26.5. The van der Waals surface area contributed by atoms with Crippen molar-refractivity contribution in [3.63, 3.8) is 0 Å². The van der Waals surface area contributed by atoms with Gasteiger partial charge in [-0.2, -0.15) is 0 Å². The second kappa shape index (κ2) is 51.4. The number of carbonyl (C=O) groups excluding carboxylic acids is 2. The molecule has 0 N–H and O–H groups in total. The summed E-state index contributed by atoms with van der Waals surface area (Å²) < 4.78 is 33.9. The van der Waals surface area contributed by atoms with Crippen molar-refractivity contribution in [2.45, 2.75) is 246 Å². The third kappa shape index (κ3) is 48.0. The lowest BCUT2D eigenvalue weighted by Gasteiger charge is -2.22. The molecule has 0 aromatic heterocycles. The van der Waals surface area contributed by atoms with Gasteiger partial charge in [0.1, 0.15) is 6.10 Å². The first kappa shape index (κ1) is 59.7. The smallest absolute Gasteiger partial charge is 0.306 e. The highest BCUT2D eigenvalue weighted by Crippen LogP contribution is 2.19. The molecule has 0 aromatic carbocycles. The molecule has 0 bridgehead atoms. The Kier molecular flexibility index (Phi) is 50.3. The zero-order chi connectivity index (χ0) is 44.4. The molecule has 61 heavy (non-hydrogen) atoms. The molecule has 364 valence electrons. The number of ether oxygens (including phenoxy) is 6. The molecule has 0 heterocycles. The summed E-state index contributed by atoms with van der Waals surface area (Å²) in [5, 5.41) is 0. The number of esters is 2. The molecule has 0 aliphatic rings. The lowest BCUT2D eigenvalue weighted by Crippen LogP contribution is -2.30. The molecule has 0 unspecified atom stereocenters. The Hall–Kier alpha value is -1.26. The van der Waals surface area contributed by atoms with E-state index in [9.17, 15) is 9.59 Å². The van der Waals surface area contributed by atoms with Crippen LogP contribution < -0.4 is 0 Å². The largest absolute Gasteiger partial charge is 0.466 e. The highest BCUT2D eigenvalue weighted by atomic mass is 16.6. The second-order valence-corrected chi connectivity index (χ2v) is 17.5. The zero-order valence-electron chi connectivity index (χ0n) is 41.1. The Bertz CT molecular complexity index is 860. The van der Waals surface area contributed by atoms with Crippen LogP contribution in [0.4, 0.5) is 0 Å². The van der Waals surface area contributed by atoms with Gasteiger partial charge in [0.2, 0.25) is 0 Å². The third-order valence-corrected chi connectivity index (χ3v) is 11.7. The van der Waals surface area contributed by atoms with Crippen LogP contribution in [0.15, 0.2) is 0 Å². The molecule has 0 rings (SSSR count). The van der Waals surface area contributed by atoms with Crippen LogP contribution in [0.25, 0.3) is 0 Å². The minimum atomic E-state index is -0.0282. The van der Waals surface area contributed by atoms with Crippen LogP contribution in [-0.4, -0.2) is 102 Å². The fourth-order valence-corrected chi connectivity index (χ4v) is 7.73. The Balaban J connectivity index is 4.43. The molecular formula is C52H103NO8. The standard InChI is InChI=1S/C52H103NO8/c1-5-9-12-15-18-27-34-42-60-51(54)37-30-23-19-25-32-39-53(41-43-57-46-47-59-49-48-58-45-44-56-8-4)40-33-26-20-24-31-38-52(55)61-50(35-28-21-16-13-10-6-2)36-29-22-17-14-11-7-3/h50H,5-49H2,1-4H3. The average molecular weight is 870 g/mol. The highest BCUT2D eigenvalue weighted by molar-refractivity contribution is 5.69. The molecule has 0 atom stereocenters. The molecule has 0 aliphatic heterocycles. The number of nitrogens with zero attached hydrogens (tertiary/aromatic N) is 1. The Morgan fingerprint density at radius 1 is 0.361 bits per heavy atom. The predicted molar refractivity (Wildman–Crippen MR) is 256 cm³/mol. The van der Waals surface area contributed by atoms with Crippen LogP contribution in [0, 0.1) is 0 Å². The van der Waals surface area contributed by atoms with Gasteiger partial charge >= 0.3 is 11.9 Å². The van der Waals surface area contributed by atoms with Crippen molar-refractivity contribution in [2.24, 2.45) is 0 Å². The van der Waals surface area contributed by atoms with Crippen LogP contribution in [0.5, 0.6) is 0 Å². The summed E-state index contributed by atoms with van der Waals surface area (Å²) in [7, 11) is 0. The minimum absolute atomic E-state index is 0.0168. The van der Waals surface area contributed by atoms with Gasteiger partial charge < -0.3 is 33.3 Å². The topological polar surface area (TPSA) is 92.8 Å². The SMILES string of the molecule is CCCCCCCCCOC(=O)CCCCCCCN(CCCCCCCC(=O)OC(CCCCCCCC)CCCCCCCC)CCOCCOCCOCCOCC. The summed E-state index contributed by atoms with van der Waals surface area (Å²) >= 11 is 0. The van der Waals surface area contributed by atoms with Gasteiger partial charge in [-0.05, 0) is 77.8 Å². The van der Waals surface area contributed by atoms with Crippen LogP contribution in [0.3, 0.4) is 0 Å².